The molecule has 0 saturated heterocycles. The zero-order chi connectivity index (χ0) is 17.7. The lowest BCUT2D eigenvalue weighted by molar-refractivity contribution is -0.385. The Morgan fingerprint density at radius 1 is 1.17 bits per heavy atom. The molecule has 0 aliphatic rings. The van der Waals surface area contributed by atoms with Crippen molar-refractivity contribution in [2.45, 2.75) is 6.92 Å². The van der Waals surface area contributed by atoms with Crippen LogP contribution in [0.4, 0.5) is 5.69 Å². The predicted octanol–water partition coefficient (Wildman–Crippen LogP) is 4.45. The smallest absolute Gasteiger partial charge is 0.338 e. The van der Waals surface area contributed by atoms with E-state index in [0.717, 1.165) is 0 Å². The summed E-state index contributed by atoms with van der Waals surface area (Å²) in [6.07, 6.45) is 0. The molecule has 126 valence electrons. The third-order valence-electron chi connectivity index (χ3n) is 3.10. The Labute approximate surface area is 148 Å². The Morgan fingerprint density at radius 3 is 2.54 bits per heavy atom. The molecule has 0 unspecified atom stereocenters. The summed E-state index contributed by atoms with van der Waals surface area (Å²) in [5.74, 6) is -0.151. The highest BCUT2D eigenvalue weighted by Crippen LogP contribution is 2.27. The number of rotatable bonds is 6. The van der Waals surface area contributed by atoms with E-state index in [9.17, 15) is 14.9 Å². The minimum atomic E-state index is -0.584. The van der Waals surface area contributed by atoms with Crippen molar-refractivity contribution >= 4 is 34.9 Å². The second-order valence-corrected chi connectivity index (χ2v) is 5.66. The van der Waals surface area contributed by atoms with Gasteiger partial charge in [0.15, 0.2) is 0 Å². The highest BCUT2D eigenvalue weighted by Gasteiger charge is 2.14. The number of nitro groups is 1. The van der Waals surface area contributed by atoms with E-state index in [0.29, 0.717) is 21.4 Å². The summed E-state index contributed by atoms with van der Waals surface area (Å²) in [6, 6.07) is 8.84. The molecule has 0 radical (unpaired) electrons. The molecular weight excluding hydrogens is 357 g/mol. The molecule has 2 aromatic rings. The van der Waals surface area contributed by atoms with Crippen LogP contribution < -0.4 is 4.74 Å². The molecule has 0 amide bonds. The number of carbonyl (C=O) groups excluding carboxylic acids is 1. The Morgan fingerprint density at radius 2 is 1.92 bits per heavy atom. The van der Waals surface area contributed by atoms with E-state index in [4.69, 9.17) is 32.7 Å². The van der Waals surface area contributed by atoms with Crippen LogP contribution >= 0.6 is 23.2 Å². The molecule has 0 heterocycles. The Hall–Kier alpha value is -2.31. The Kier molecular flexibility index (Phi) is 6.00. The average molecular weight is 370 g/mol. The maximum absolute atomic E-state index is 11.9. The number of aryl methyl sites for hydroxylation is 1. The zero-order valence-electron chi connectivity index (χ0n) is 12.6. The minimum absolute atomic E-state index is 0.00776. The fourth-order valence-electron chi connectivity index (χ4n) is 1.95. The van der Waals surface area contributed by atoms with E-state index in [1.165, 1.54) is 18.2 Å². The quantitative estimate of drug-likeness (QED) is 0.325. The van der Waals surface area contributed by atoms with Crippen LogP contribution in [0.1, 0.15) is 15.9 Å². The van der Waals surface area contributed by atoms with Gasteiger partial charge in [-0.05, 0) is 37.3 Å². The van der Waals surface area contributed by atoms with Crippen LogP contribution in [-0.2, 0) is 4.74 Å². The number of nitro benzene ring substituents is 1. The normalized spacial score (nSPS) is 10.3. The fraction of sp³-hybridized carbons (Fsp3) is 0.188. The highest BCUT2D eigenvalue weighted by molar-refractivity contribution is 6.35. The summed E-state index contributed by atoms with van der Waals surface area (Å²) in [4.78, 5) is 22.2. The van der Waals surface area contributed by atoms with Gasteiger partial charge in [0.2, 0.25) is 0 Å². The molecule has 0 bridgehead atoms. The standard InChI is InChI=1S/C16H13Cl2NO5/c1-10-8-11(2-4-14(10)19(21)22)16(20)24-7-6-23-15-5-3-12(17)9-13(15)18/h2-5,8-9H,6-7H2,1H3. The van der Waals surface area contributed by atoms with Crippen LogP contribution in [0.3, 0.4) is 0 Å². The van der Waals surface area contributed by atoms with Gasteiger partial charge in [0.05, 0.1) is 15.5 Å². The fourth-order valence-corrected chi connectivity index (χ4v) is 2.41. The van der Waals surface area contributed by atoms with Crippen molar-refractivity contribution in [1.29, 1.82) is 0 Å². The summed E-state index contributed by atoms with van der Waals surface area (Å²) in [5, 5.41) is 11.6. The van der Waals surface area contributed by atoms with E-state index in [2.05, 4.69) is 0 Å². The second-order valence-electron chi connectivity index (χ2n) is 4.82. The number of esters is 1. The molecule has 0 aliphatic heterocycles. The summed E-state index contributed by atoms with van der Waals surface area (Å²) in [6.45, 7) is 1.67. The lowest BCUT2D eigenvalue weighted by Gasteiger charge is -2.09. The molecule has 0 atom stereocenters. The molecule has 0 N–H and O–H groups in total. The lowest BCUT2D eigenvalue weighted by atomic mass is 10.1. The number of carbonyl (C=O) groups is 1. The van der Waals surface area contributed by atoms with E-state index in [-0.39, 0.29) is 24.5 Å². The van der Waals surface area contributed by atoms with Gasteiger partial charge in [0, 0.05) is 16.7 Å². The van der Waals surface area contributed by atoms with Gasteiger partial charge in [-0.1, -0.05) is 23.2 Å². The maximum Gasteiger partial charge on any atom is 0.338 e. The number of hydrogen-bond acceptors (Lipinski definition) is 5. The summed E-state index contributed by atoms with van der Waals surface area (Å²) >= 11 is 11.7. The van der Waals surface area contributed by atoms with Gasteiger partial charge in [-0.3, -0.25) is 10.1 Å². The van der Waals surface area contributed by atoms with Gasteiger partial charge < -0.3 is 9.47 Å². The summed E-state index contributed by atoms with van der Waals surface area (Å²) in [5.41, 5.74) is 0.577. The van der Waals surface area contributed by atoms with Gasteiger partial charge in [-0.15, -0.1) is 0 Å². The number of ether oxygens (including phenoxy) is 2. The molecule has 0 fully saturated rings. The molecule has 6 nitrogen and oxygen atoms in total. The summed E-state index contributed by atoms with van der Waals surface area (Å²) in [7, 11) is 0. The van der Waals surface area contributed by atoms with E-state index in [1.54, 1.807) is 25.1 Å². The lowest BCUT2D eigenvalue weighted by Crippen LogP contribution is -2.12. The van der Waals surface area contributed by atoms with E-state index in [1.807, 2.05) is 0 Å². The molecule has 0 aliphatic carbocycles. The minimum Gasteiger partial charge on any atom is -0.488 e. The number of hydrogen-bond donors (Lipinski definition) is 0. The maximum atomic E-state index is 11.9. The molecule has 2 aromatic carbocycles. The molecule has 0 saturated carbocycles. The van der Waals surface area contributed by atoms with Crippen molar-refractivity contribution in [2.24, 2.45) is 0 Å². The molecule has 2 rings (SSSR count). The summed E-state index contributed by atoms with van der Waals surface area (Å²) < 4.78 is 10.5. The van der Waals surface area contributed by atoms with Crippen molar-refractivity contribution in [1.82, 2.24) is 0 Å². The number of nitrogens with zero attached hydrogens (tertiary/aromatic N) is 1. The molecule has 24 heavy (non-hydrogen) atoms. The van der Waals surface area contributed by atoms with Gasteiger partial charge in [0.1, 0.15) is 19.0 Å². The highest BCUT2D eigenvalue weighted by atomic mass is 35.5. The molecule has 8 heteroatoms. The number of halogens is 2. The first-order valence-electron chi connectivity index (χ1n) is 6.88. The first-order chi connectivity index (χ1) is 11.4. The third kappa shape index (κ3) is 4.59. The van der Waals surface area contributed by atoms with Crippen LogP contribution in [0.15, 0.2) is 36.4 Å². The molecule has 0 aromatic heterocycles. The Bertz CT molecular complexity index is 779. The predicted molar refractivity (Wildman–Crippen MR) is 90.1 cm³/mol. The van der Waals surface area contributed by atoms with E-state index < -0.39 is 10.9 Å². The topological polar surface area (TPSA) is 78.7 Å². The largest absolute Gasteiger partial charge is 0.488 e. The second kappa shape index (κ2) is 7.99. The van der Waals surface area contributed by atoms with Crippen molar-refractivity contribution < 1.29 is 19.2 Å². The Balaban J connectivity index is 1.87. The van der Waals surface area contributed by atoms with E-state index >= 15 is 0 Å². The first-order valence-corrected chi connectivity index (χ1v) is 7.64. The first kappa shape index (κ1) is 18.0. The average Bonchev–Trinajstić information content (AvgIpc) is 2.52. The van der Waals surface area contributed by atoms with Crippen LogP contribution in [-0.4, -0.2) is 24.1 Å². The van der Waals surface area contributed by atoms with Gasteiger partial charge in [0.25, 0.3) is 5.69 Å². The third-order valence-corrected chi connectivity index (χ3v) is 3.63. The monoisotopic (exact) mass is 369 g/mol. The van der Waals surface area contributed by atoms with Crippen LogP contribution in [0.25, 0.3) is 0 Å². The molecular formula is C16H13Cl2NO5. The van der Waals surface area contributed by atoms with Gasteiger partial charge in [-0.25, -0.2) is 4.79 Å². The van der Waals surface area contributed by atoms with Crippen LogP contribution in [0.2, 0.25) is 10.0 Å². The van der Waals surface area contributed by atoms with Gasteiger partial charge in [-0.2, -0.15) is 0 Å². The molecule has 0 spiro atoms. The zero-order valence-corrected chi connectivity index (χ0v) is 14.1. The van der Waals surface area contributed by atoms with Crippen molar-refractivity contribution in [3.05, 3.63) is 67.7 Å². The SMILES string of the molecule is Cc1cc(C(=O)OCCOc2ccc(Cl)cc2Cl)ccc1[N+](=O)[O-]. The van der Waals surface area contributed by atoms with Crippen molar-refractivity contribution in [3.63, 3.8) is 0 Å². The van der Waals surface area contributed by atoms with Crippen molar-refractivity contribution in [3.8, 4) is 5.75 Å². The number of benzene rings is 2. The van der Waals surface area contributed by atoms with Crippen molar-refractivity contribution in [2.75, 3.05) is 13.2 Å². The van der Waals surface area contributed by atoms with Gasteiger partial charge >= 0.3 is 5.97 Å². The van der Waals surface area contributed by atoms with Crippen LogP contribution in [0, 0.1) is 17.0 Å². The van der Waals surface area contributed by atoms with Crippen LogP contribution in [0.5, 0.6) is 5.75 Å².